The van der Waals surface area contributed by atoms with Crippen LogP contribution < -0.4 is 0 Å². The molecule has 4 nitrogen and oxygen atoms in total. The zero-order valence-electron chi connectivity index (χ0n) is 6.22. The van der Waals surface area contributed by atoms with Gasteiger partial charge in [0.25, 0.3) is 0 Å². The summed E-state index contributed by atoms with van der Waals surface area (Å²) >= 11 is 0. The van der Waals surface area contributed by atoms with Crippen molar-refractivity contribution in [2.24, 2.45) is 5.11 Å². The van der Waals surface area contributed by atoms with Gasteiger partial charge in [-0.1, -0.05) is 17.3 Å². The molecule has 4 heteroatoms. The number of allylic oxidation sites excluding steroid dienone is 1. The first-order chi connectivity index (χ1) is 5.34. The summed E-state index contributed by atoms with van der Waals surface area (Å²) in [5.41, 5.74) is 8.14. The molecule has 1 rings (SSSR count). The maximum absolute atomic E-state index is 9.36. The molecule has 1 aliphatic rings. The van der Waals surface area contributed by atoms with E-state index in [1.807, 2.05) is 6.08 Å². The predicted octanol–water partition coefficient (Wildman–Crippen LogP) is 1.77. The molecule has 11 heavy (non-hydrogen) atoms. The third-order valence-electron chi connectivity index (χ3n) is 1.78. The molecule has 2 atom stereocenters. The molecule has 1 aliphatic carbocycles. The molecule has 1 N–H and O–H groups in total. The van der Waals surface area contributed by atoms with Crippen LogP contribution in [0.3, 0.4) is 0 Å². The Morgan fingerprint density at radius 2 is 2.45 bits per heavy atom. The van der Waals surface area contributed by atoms with E-state index in [1.165, 1.54) is 0 Å². The second-order valence-corrected chi connectivity index (χ2v) is 2.62. The van der Waals surface area contributed by atoms with Crippen molar-refractivity contribution in [2.45, 2.75) is 31.4 Å². The van der Waals surface area contributed by atoms with Gasteiger partial charge in [-0.25, -0.2) is 0 Å². The molecule has 0 saturated heterocycles. The van der Waals surface area contributed by atoms with Gasteiger partial charge in [-0.05, 0) is 24.8 Å². The lowest BCUT2D eigenvalue weighted by Crippen LogP contribution is -2.20. The van der Waals surface area contributed by atoms with Crippen LogP contribution in [0.1, 0.15) is 19.3 Å². The summed E-state index contributed by atoms with van der Waals surface area (Å²) in [6, 6.07) is -0.359. The van der Waals surface area contributed by atoms with Crippen LogP contribution in [0.2, 0.25) is 0 Å². The Morgan fingerprint density at radius 3 is 3.18 bits per heavy atom. The molecule has 0 heterocycles. The molecule has 0 aliphatic heterocycles. The van der Waals surface area contributed by atoms with Gasteiger partial charge in [-0.3, -0.25) is 0 Å². The SMILES string of the molecule is [N-]=[N+]=NC1C=CCCCC1O. The minimum absolute atomic E-state index is 0.359. The van der Waals surface area contributed by atoms with Gasteiger partial charge in [-0.2, -0.15) is 0 Å². The van der Waals surface area contributed by atoms with E-state index in [9.17, 15) is 5.11 Å². The normalized spacial score (nSPS) is 30.6. The van der Waals surface area contributed by atoms with Crippen molar-refractivity contribution in [3.8, 4) is 0 Å². The van der Waals surface area contributed by atoms with E-state index in [-0.39, 0.29) is 6.04 Å². The van der Waals surface area contributed by atoms with Gasteiger partial charge < -0.3 is 5.11 Å². The molecule has 0 bridgehead atoms. The molecular formula is C7H11N3O. The van der Waals surface area contributed by atoms with Crippen LogP contribution in [0.4, 0.5) is 0 Å². The fourth-order valence-corrected chi connectivity index (χ4v) is 1.15. The van der Waals surface area contributed by atoms with Gasteiger partial charge in [0.2, 0.25) is 0 Å². The Hall–Kier alpha value is -0.990. The molecule has 0 aromatic rings. The van der Waals surface area contributed by atoms with Crippen molar-refractivity contribution >= 4 is 0 Å². The topological polar surface area (TPSA) is 69.0 Å². The van der Waals surface area contributed by atoms with Crippen LogP contribution in [0.25, 0.3) is 10.4 Å². The molecule has 2 unspecified atom stereocenters. The fourth-order valence-electron chi connectivity index (χ4n) is 1.15. The lowest BCUT2D eigenvalue weighted by atomic mass is 10.1. The maximum atomic E-state index is 9.36. The average molecular weight is 153 g/mol. The number of aliphatic hydroxyl groups is 1. The Labute approximate surface area is 65.2 Å². The van der Waals surface area contributed by atoms with Crippen molar-refractivity contribution in [1.29, 1.82) is 0 Å². The van der Waals surface area contributed by atoms with Crippen LogP contribution in [0.5, 0.6) is 0 Å². The number of rotatable bonds is 1. The van der Waals surface area contributed by atoms with E-state index in [2.05, 4.69) is 10.0 Å². The Morgan fingerprint density at radius 1 is 1.64 bits per heavy atom. The van der Waals surface area contributed by atoms with Crippen molar-refractivity contribution in [3.05, 3.63) is 22.6 Å². The lowest BCUT2D eigenvalue weighted by molar-refractivity contribution is 0.151. The first-order valence-electron chi connectivity index (χ1n) is 3.73. The molecule has 0 spiro atoms. The first-order valence-corrected chi connectivity index (χ1v) is 3.73. The van der Waals surface area contributed by atoms with E-state index >= 15 is 0 Å². The molecule has 60 valence electrons. The lowest BCUT2D eigenvalue weighted by Gasteiger charge is -2.11. The van der Waals surface area contributed by atoms with Crippen LogP contribution in [0, 0.1) is 0 Å². The Kier molecular flexibility index (Phi) is 2.95. The van der Waals surface area contributed by atoms with Crippen molar-refractivity contribution < 1.29 is 5.11 Å². The molecule has 0 aromatic heterocycles. The number of hydrogen-bond donors (Lipinski definition) is 1. The smallest absolute Gasteiger partial charge is 0.0814 e. The summed E-state index contributed by atoms with van der Waals surface area (Å²) in [7, 11) is 0. The highest BCUT2D eigenvalue weighted by atomic mass is 16.3. The number of aliphatic hydroxyl groups excluding tert-OH is 1. The third kappa shape index (κ3) is 2.26. The highest BCUT2D eigenvalue weighted by Gasteiger charge is 2.15. The molecule has 0 radical (unpaired) electrons. The summed E-state index contributed by atoms with van der Waals surface area (Å²) in [5, 5.41) is 12.8. The van der Waals surface area contributed by atoms with Crippen LogP contribution >= 0.6 is 0 Å². The summed E-state index contributed by atoms with van der Waals surface area (Å²) in [4.78, 5) is 2.67. The zero-order chi connectivity index (χ0) is 8.10. The monoisotopic (exact) mass is 153 g/mol. The zero-order valence-corrected chi connectivity index (χ0v) is 6.22. The number of nitrogens with zero attached hydrogens (tertiary/aromatic N) is 3. The van der Waals surface area contributed by atoms with Crippen molar-refractivity contribution in [2.75, 3.05) is 0 Å². The van der Waals surface area contributed by atoms with E-state index < -0.39 is 6.10 Å². The molecule has 0 amide bonds. The minimum atomic E-state index is -0.496. The van der Waals surface area contributed by atoms with Gasteiger partial charge >= 0.3 is 0 Å². The van der Waals surface area contributed by atoms with Gasteiger partial charge in [0.1, 0.15) is 0 Å². The third-order valence-corrected chi connectivity index (χ3v) is 1.78. The second kappa shape index (κ2) is 4.01. The molecule has 0 saturated carbocycles. The van der Waals surface area contributed by atoms with Crippen molar-refractivity contribution in [1.82, 2.24) is 0 Å². The predicted molar refractivity (Wildman–Crippen MR) is 41.9 cm³/mol. The summed E-state index contributed by atoms with van der Waals surface area (Å²) in [5.74, 6) is 0. The fraction of sp³-hybridized carbons (Fsp3) is 0.714. The molecule has 0 fully saturated rings. The van der Waals surface area contributed by atoms with Gasteiger partial charge in [0.05, 0.1) is 12.1 Å². The van der Waals surface area contributed by atoms with E-state index in [0.29, 0.717) is 0 Å². The van der Waals surface area contributed by atoms with Gasteiger partial charge in [0.15, 0.2) is 0 Å². The summed E-state index contributed by atoms with van der Waals surface area (Å²) in [6.45, 7) is 0. The second-order valence-electron chi connectivity index (χ2n) is 2.62. The van der Waals surface area contributed by atoms with Crippen LogP contribution in [0.15, 0.2) is 17.3 Å². The number of hydrogen-bond acceptors (Lipinski definition) is 2. The van der Waals surface area contributed by atoms with Crippen molar-refractivity contribution in [3.63, 3.8) is 0 Å². The van der Waals surface area contributed by atoms with Gasteiger partial charge in [-0.15, -0.1) is 0 Å². The average Bonchev–Trinajstić information content (AvgIpc) is 2.18. The summed E-state index contributed by atoms with van der Waals surface area (Å²) in [6.07, 6.45) is 5.89. The largest absolute Gasteiger partial charge is 0.392 e. The molecule has 0 aromatic carbocycles. The van der Waals surface area contributed by atoms with Gasteiger partial charge in [0, 0.05) is 4.91 Å². The van der Waals surface area contributed by atoms with E-state index in [1.54, 1.807) is 6.08 Å². The quantitative estimate of drug-likeness (QED) is 0.265. The molecular weight excluding hydrogens is 142 g/mol. The van der Waals surface area contributed by atoms with Crippen LogP contribution in [-0.2, 0) is 0 Å². The highest BCUT2D eigenvalue weighted by molar-refractivity contribution is 4.99. The van der Waals surface area contributed by atoms with E-state index in [4.69, 9.17) is 5.53 Å². The van der Waals surface area contributed by atoms with E-state index in [0.717, 1.165) is 19.3 Å². The highest BCUT2D eigenvalue weighted by Crippen LogP contribution is 2.14. The Bertz CT molecular complexity index is 196. The first kappa shape index (κ1) is 8.11. The number of azide groups is 1. The Balaban J connectivity index is 2.64. The van der Waals surface area contributed by atoms with Crippen LogP contribution in [-0.4, -0.2) is 17.3 Å². The standard InChI is InChI=1S/C7H11N3O/c8-10-9-6-4-2-1-3-5-7(6)11/h2,4,6-7,11H,1,3,5H2. The summed E-state index contributed by atoms with van der Waals surface area (Å²) < 4.78 is 0. The maximum Gasteiger partial charge on any atom is 0.0814 e. The minimum Gasteiger partial charge on any atom is -0.392 e.